The number of nitrogens with one attached hydrogen (secondary N) is 1. The lowest BCUT2D eigenvalue weighted by molar-refractivity contribution is -0.132. The molecule has 6 heteroatoms. The van der Waals surface area contributed by atoms with Crippen molar-refractivity contribution in [3.8, 4) is 0 Å². The Morgan fingerprint density at radius 3 is 2.03 bits per heavy atom. The minimum Gasteiger partial charge on any atom is -0.342 e. The van der Waals surface area contributed by atoms with Gasteiger partial charge in [-0.1, -0.05) is 48.5 Å². The Labute approximate surface area is 178 Å². The number of hydrogen-bond acceptors (Lipinski definition) is 4. The van der Waals surface area contributed by atoms with Crippen LogP contribution >= 0.6 is 0 Å². The van der Waals surface area contributed by atoms with Gasteiger partial charge in [0, 0.05) is 45.0 Å². The normalized spacial score (nSPS) is 18.9. The maximum absolute atomic E-state index is 13.2. The van der Waals surface area contributed by atoms with E-state index in [1.807, 2.05) is 65.6 Å². The minimum absolute atomic E-state index is 0.0195. The number of piperazine rings is 1. The summed E-state index contributed by atoms with van der Waals surface area (Å²) in [6.45, 7) is 5.39. The van der Waals surface area contributed by atoms with Gasteiger partial charge in [0.1, 0.15) is 6.04 Å². The topological polar surface area (TPSA) is 55.9 Å². The third kappa shape index (κ3) is 5.07. The molecule has 0 saturated carbocycles. The van der Waals surface area contributed by atoms with E-state index in [0.717, 1.165) is 63.4 Å². The van der Waals surface area contributed by atoms with Crippen molar-refractivity contribution in [2.24, 2.45) is 0 Å². The number of para-hydroxylation sites is 1. The van der Waals surface area contributed by atoms with Gasteiger partial charge in [0.2, 0.25) is 11.8 Å². The lowest BCUT2D eigenvalue weighted by Crippen LogP contribution is -2.52. The molecule has 158 valence electrons. The van der Waals surface area contributed by atoms with Crippen molar-refractivity contribution < 1.29 is 9.59 Å². The first kappa shape index (κ1) is 20.6. The molecule has 0 spiro atoms. The second-order valence-electron chi connectivity index (χ2n) is 8.07. The van der Waals surface area contributed by atoms with Crippen molar-refractivity contribution in [1.82, 2.24) is 14.7 Å². The number of hydrogen-bond donors (Lipinski definition) is 1. The molecule has 2 aromatic rings. The first-order valence-corrected chi connectivity index (χ1v) is 10.9. The van der Waals surface area contributed by atoms with Gasteiger partial charge in [-0.25, -0.2) is 0 Å². The number of nitrogens with zero attached hydrogens (tertiary/aromatic N) is 3. The fraction of sp³-hybridized carbons (Fsp3) is 0.417. The van der Waals surface area contributed by atoms with Gasteiger partial charge in [-0.05, 0) is 30.5 Å². The SMILES string of the molecule is O=C(Nc1ccccc1)C(c1ccccc1)N1CCN(CC(=O)N2CCCC2)CC1. The highest BCUT2D eigenvalue weighted by molar-refractivity contribution is 5.95. The molecule has 6 nitrogen and oxygen atoms in total. The van der Waals surface area contributed by atoms with Gasteiger partial charge in [0.25, 0.3) is 0 Å². The average molecular weight is 407 g/mol. The van der Waals surface area contributed by atoms with Crippen molar-refractivity contribution in [1.29, 1.82) is 0 Å². The van der Waals surface area contributed by atoms with Crippen molar-refractivity contribution in [2.45, 2.75) is 18.9 Å². The molecule has 0 radical (unpaired) electrons. The van der Waals surface area contributed by atoms with Crippen LogP contribution in [0.5, 0.6) is 0 Å². The van der Waals surface area contributed by atoms with Gasteiger partial charge in [0.05, 0.1) is 6.54 Å². The maximum Gasteiger partial charge on any atom is 0.246 e. The van der Waals surface area contributed by atoms with E-state index in [9.17, 15) is 9.59 Å². The van der Waals surface area contributed by atoms with Gasteiger partial charge in [-0.2, -0.15) is 0 Å². The third-order valence-electron chi connectivity index (χ3n) is 5.99. The van der Waals surface area contributed by atoms with Gasteiger partial charge >= 0.3 is 0 Å². The smallest absolute Gasteiger partial charge is 0.246 e. The number of carbonyl (C=O) groups excluding carboxylic acids is 2. The predicted octanol–water partition coefficient (Wildman–Crippen LogP) is 2.61. The molecule has 2 aliphatic heterocycles. The molecule has 4 rings (SSSR count). The molecular formula is C24H30N4O2. The summed E-state index contributed by atoms with van der Waals surface area (Å²) in [6.07, 6.45) is 2.24. The summed E-state index contributed by atoms with van der Waals surface area (Å²) < 4.78 is 0. The summed E-state index contributed by atoms with van der Waals surface area (Å²) >= 11 is 0. The lowest BCUT2D eigenvalue weighted by Gasteiger charge is -2.39. The Morgan fingerprint density at radius 2 is 1.40 bits per heavy atom. The van der Waals surface area contributed by atoms with Crippen LogP contribution in [0.3, 0.4) is 0 Å². The van der Waals surface area contributed by atoms with Crippen LogP contribution in [0.1, 0.15) is 24.4 Å². The molecule has 2 aliphatic rings. The van der Waals surface area contributed by atoms with E-state index in [0.29, 0.717) is 6.54 Å². The van der Waals surface area contributed by atoms with E-state index in [-0.39, 0.29) is 17.9 Å². The summed E-state index contributed by atoms with van der Waals surface area (Å²) in [4.78, 5) is 32.1. The molecule has 2 saturated heterocycles. The van der Waals surface area contributed by atoms with Gasteiger partial charge < -0.3 is 10.2 Å². The summed E-state index contributed by atoms with van der Waals surface area (Å²) in [5, 5.41) is 3.06. The Bertz CT molecular complexity index is 829. The quantitative estimate of drug-likeness (QED) is 0.801. The Morgan fingerprint density at radius 1 is 0.800 bits per heavy atom. The molecule has 30 heavy (non-hydrogen) atoms. The number of likely N-dealkylation sites (tertiary alicyclic amines) is 1. The fourth-order valence-electron chi connectivity index (χ4n) is 4.33. The highest BCUT2D eigenvalue weighted by Gasteiger charge is 2.31. The molecule has 1 N–H and O–H groups in total. The zero-order valence-corrected chi connectivity index (χ0v) is 17.4. The summed E-state index contributed by atoms with van der Waals surface area (Å²) in [7, 11) is 0. The first-order chi connectivity index (χ1) is 14.7. The molecular weight excluding hydrogens is 376 g/mol. The fourth-order valence-corrected chi connectivity index (χ4v) is 4.33. The number of anilines is 1. The van der Waals surface area contributed by atoms with E-state index in [2.05, 4.69) is 15.1 Å². The second kappa shape index (κ2) is 9.87. The van der Waals surface area contributed by atoms with Gasteiger partial charge in [0.15, 0.2) is 0 Å². The Kier molecular flexibility index (Phi) is 6.77. The monoisotopic (exact) mass is 406 g/mol. The summed E-state index contributed by atoms with van der Waals surface area (Å²) in [5.74, 6) is 0.219. The number of amides is 2. The lowest BCUT2D eigenvalue weighted by atomic mass is 10.0. The number of carbonyl (C=O) groups is 2. The van der Waals surface area contributed by atoms with E-state index >= 15 is 0 Å². The van der Waals surface area contributed by atoms with Crippen LogP contribution in [0, 0.1) is 0 Å². The van der Waals surface area contributed by atoms with Crippen LogP contribution in [0.4, 0.5) is 5.69 Å². The first-order valence-electron chi connectivity index (χ1n) is 10.9. The molecule has 2 fully saturated rings. The predicted molar refractivity (Wildman–Crippen MR) is 118 cm³/mol. The van der Waals surface area contributed by atoms with Crippen LogP contribution < -0.4 is 5.32 Å². The summed E-state index contributed by atoms with van der Waals surface area (Å²) in [6, 6.07) is 19.2. The van der Waals surface area contributed by atoms with Crippen LogP contribution in [0.25, 0.3) is 0 Å². The molecule has 2 heterocycles. The molecule has 2 aromatic carbocycles. The van der Waals surface area contributed by atoms with E-state index in [1.165, 1.54) is 0 Å². The minimum atomic E-state index is -0.345. The van der Waals surface area contributed by atoms with E-state index in [1.54, 1.807) is 0 Å². The van der Waals surface area contributed by atoms with Crippen molar-refractivity contribution >= 4 is 17.5 Å². The zero-order chi connectivity index (χ0) is 20.8. The van der Waals surface area contributed by atoms with Crippen molar-refractivity contribution in [2.75, 3.05) is 51.1 Å². The van der Waals surface area contributed by atoms with Crippen LogP contribution in [-0.2, 0) is 9.59 Å². The molecule has 0 aromatic heterocycles. The molecule has 0 bridgehead atoms. The Balaban J connectivity index is 1.40. The average Bonchev–Trinajstić information content (AvgIpc) is 3.32. The molecule has 0 aliphatic carbocycles. The number of benzene rings is 2. The highest BCUT2D eigenvalue weighted by Crippen LogP contribution is 2.24. The number of rotatable bonds is 6. The molecule has 1 unspecified atom stereocenters. The van der Waals surface area contributed by atoms with E-state index < -0.39 is 0 Å². The van der Waals surface area contributed by atoms with Crippen molar-refractivity contribution in [3.05, 3.63) is 66.2 Å². The van der Waals surface area contributed by atoms with Crippen LogP contribution in [0.15, 0.2) is 60.7 Å². The Hall–Kier alpha value is -2.70. The zero-order valence-electron chi connectivity index (χ0n) is 17.4. The molecule has 2 amide bonds. The van der Waals surface area contributed by atoms with E-state index in [4.69, 9.17) is 0 Å². The van der Waals surface area contributed by atoms with Crippen LogP contribution in [-0.4, -0.2) is 72.3 Å². The largest absolute Gasteiger partial charge is 0.342 e. The third-order valence-corrected chi connectivity index (χ3v) is 5.99. The van der Waals surface area contributed by atoms with Crippen LogP contribution in [0.2, 0.25) is 0 Å². The second-order valence-corrected chi connectivity index (χ2v) is 8.07. The van der Waals surface area contributed by atoms with Gasteiger partial charge in [-0.15, -0.1) is 0 Å². The standard InChI is InChI=1S/C24H30N4O2/c29-22(27-13-7-8-14-27)19-26-15-17-28(18-16-26)23(20-9-3-1-4-10-20)24(30)25-21-11-5-2-6-12-21/h1-6,9-12,23H,7-8,13-19H2,(H,25,30). The maximum atomic E-state index is 13.2. The molecule has 1 atom stereocenters. The van der Waals surface area contributed by atoms with Crippen molar-refractivity contribution in [3.63, 3.8) is 0 Å². The van der Waals surface area contributed by atoms with Gasteiger partial charge in [-0.3, -0.25) is 19.4 Å². The highest BCUT2D eigenvalue weighted by atomic mass is 16.2. The summed E-state index contributed by atoms with van der Waals surface area (Å²) in [5.41, 5.74) is 1.80.